The molecule has 2 heterocycles. The normalized spacial score (nSPS) is 22.3. The number of benzene rings is 2. The summed E-state index contributed by atoms with van der Waals surface area (Å²) in [6, 6.07) is 14.8. The van der Waals surface area contributed by atoms with Crippen LogP contribution in [0.25, 0.3) is 0 Å². The summed E-state index contributed by atoms with van der Waals surface area (Å²) in [5, 5.41) is 2.40. The predicted octanol–water partition coefficient (Wildman–Crippen LogP) is 2.39. The molecule has 1 unspecified atom stereocenters. The number of fused-ring (bicyclic) bond motifs is 1. The lowest BCUT2D eigenvalue weighted by atomic mass is 9.78. The van der Waals surface area contributed by atoms with Crippen molar-refractivity contribution < 1.29 is 14.4 Å². The van der Waals surface area contributed by atoms with Crippen LogP contribution in [0.15, 0.2) is 53.0 Å². The number of hydrogen-bond acceptors (Lipinski definition) is 3. The van der Waals surface area contributed by atoms with Crippen molar-refractivity contribution in [1.82, 2.24) is 10.2 Å². The Morgan fingerprint density at radius 3 is 2.40 bits per heavy atom. The summed E-state index contributed by atoms with van der Waals surface area (Å²) in [7, 11) is 0. The molecule has 2 aromatic rings. The van der Waals surface area contributed by atoms with Crippen LogP contribution in [-0.2, 0) is 21.5 Å². The van der Waals surface area contributed by atoms with Gasteiger partial charge >= 0.3 is 0 Å². The van der Waals surface area contributed by atoms with Gasteiger partial charge in [-0.05, 0) is 29.3 Å². The first-order valence-corrected chi connectivity index (χ1v) is 8.76. The van der Waals surface area contributed by atoms with Gasteiger partial charge in [0.2, 0.25) is 11.8 Å². The lowest BCUT2D eigenvalue weighted by Crippen LogP contribution is -2.46. The molecule has 2 aromatic carbocycles. The SMILES string of the molecule is O=C1CC(CN2Cc3ccccc3C2=O)(c2ccc(Br)cc2)C(=O)N1. The van der Waals surface area contributed by atoms with E-state index in [1.807, 2.05) is 42.5 Å². The number of carbonyl (C=O) groups excluding carboxylic acids is 3. The maximum Gasteiger partial charge on any atom is 0.254 e. The molecule has 126 valence electrons. The molecule has 0 aliphatic carbocycles. The van der Waals surface area contributed by atoms with Crippen molar-refractivity contribution in [2.75, 3.05) is 6.54 Å². The summed E-state index contributed by atoms with van der Waals surface area (Å²) < 4.78 is 0.890. The van der Waals surface area contributed by atoms with Gasteiger partial charge in [0.25, 0.3) is 5.91 Å². The Bertz CT molecular complexity index is 894. The molecule has 0 aromatic heterocycles. The van der Waals surface area contributed by atoms with Gasteiger partial charge in [-0.2, -0.15) is 0 Å². The van der Waals surface area contributed by atoms with Crippen molar-refractivity contribution in [1.29, 1.82) is 0 Å². The highest BCUT2D eigenvalue weighted by Gasteiger charge is 2.50. The number of halogens is 1. The van der Waals surface area contributed by atoms with Crippen LogP contribution in [0.4, 0.5) is 0 Å². The third kappa shape index (κ3) is 2.57. The first-order valence-electron chi connectivity index (χ1n) is 7.97. The highest BCUT2D eigenvalue weighted by molar-refractivity contribution is 9.10. The van der Waals surface area contributed by atoms with E-state index in [4.69, 9.17) is 0 Å². The Kier molecular flexibility index (Phi) is 3.72. The molecule has 0 spiro atoms. The number of imide groups is 1. The van der Waals surface area contributed by atoms with Gasteiger partial charge in [-0.3, -0.25) is 19.7 Å². The van der Waals surface area contributed by atoms with E-state index >= 15 is 0 Å². The fraction of sp³-hybridized carbons (Fsp3) is 0.211. The highest BCUT2D eigenvalue weighted by Crippen LogP contribution is 2.36. The largest absolute Gasteiger partial charge is 0.333 e. The molecule has 3 amide bonds. The van der Waals surface area contributed by atoms with E-state index in [1.165, 1.54) is 0 Å². The maximum absolute atomic E-state index is 12.7. The average molecular weight is 399 g/mol. The minimum Gasteiger partial charge on any atom is -0.333 e. The second-order valence-corrected chi connectivity index (χ2v) is 7.38. The molecule has 6 heteroatoms. The van der Waals surface area contributed by atoms with E-state index in [-0.39, 0.29) is 30.7 Å². The number of hydrogen-bond donors (Lipinski definition) is 1. The lowest BCUT2D eigenvalue weighted by Gasteiger charge is -2.31. The maximum atomic E-state index is 12.7. The number of amides is 3. The summed E-state index contributed by atoms with van der Waals surface area (Å²) in [6.45, 7) is 0.633. The molecule has 2 aliphatic rings. The average Bonchev–Trinajstić information content (AvgIpc) is 3.06. The third-order valence-electron chi connectivity index (χ3n) is 4.90. The zero-order valence-electron chi connectivity index (χ0n) is 13.3. The Balaban J connectivity index is 1.72. The molecule has 5 nitrogen and oxygen atoms in total. The van der Waals surface area contributed by atoms with Gasteiger partial charge < -0.3 is 4.90 Å². The van der Waals surface area contributed by atoms with Crippen LogP contribution in [0.5, 0.6) is 0 Å². The minimum atomic E-state index is -1.05. The van der Waals surface area contributed by atoms with Gasteiger partial charge in [0, 0.05) is 29.5 Å². The quantitative estimate of drug-likeness (QED) is 0.807. The Labute approximate surface area is 153 Å². The number of nitrogens with one attached hydrogen (secondary N) is 1. The first kappa shape index (κ1) is 16.0. The summed E-state index contributed by atoms with van der Waals surface area (Å²) in [5.74, 6) is -0.750. The van der Waals surface area contributed by atoms with Crippen LogP contribution >= 0.6 is 15.9 Å². The monoisotopic (exact) mass is 398 g/mol. The first-order chi connectivity index (χ1) is 12.0. The molecule has 0 radical (unpaired) electrons. The molecule has 1 saturated heterocycles. The van der Waals surface area contributed by atoms with Crippen LogP contribution in [0.3, 0.4) is 0 Å². The Morgan fingerprint density at radius 1 is 1.04 bits per heavy atom. The molecular weight excluding hydrogens is 384 g/mol. The van der Waals surface area contributed by atoms with Crippen molar-refractivity contribution in [2.24, 2.45) is 0 Å². The Hall–Kier alpha value is -2.47. The molecule has 0 bridgehead atoms. The summed E-state index contributed by atoms with van der Waals surface area (Å²) in [6.07, 6.45) is 0.0492. The van der Waals surface area contributed by atoms with Crippen LogP contribution in [0.1, 0.15) is 27.9 Å². The van der Waals surface area contributed by atoms with Crippen LogP contribution in [0.2, 0.25) is 0 Å². The summed E-state index contributed by atoms with van der Waals surface area (Å²) in [5.41, 5.74) is 1.30. The fourth-order valence-corrected chi connectivity index (χ4v) is 3.90. The second kappa shape index (κ2) is 5.81. The van der Waals surface area contributed by atoms with E-state index in [0.29, 0.717) is 12.1 Å². The molecule has 1 N–H and O–H groups in total. The van der Waals surface area contributed by atoms with E-state index in [1.54, 1.807) is 11.0 Å². The summed E-state index contributed by atoms with van der Waals surface area (Å²) in [4.78, 5) is 39.0. The van der Waals surface area contributed by atoms with E-state index in [9.17, 15) is 14.4 Å². The van der Waals surface area contributed by atoms with E-state index in [2.05, 4.69) is 21.2 Å². The summed E-state index contributed by atoms with van der Waals surface area (Å²) >= 11 is 3.38. The van der Waals surface area contributed by atoms with E-state index < -0.39 is 5.41 Å². The van der Waals surface area contributed by atoms with E-state index in [0.717, 1.165) is 15.6 Å². The number of nitrogens with zero attached hydrogens (tertiary/aromatic N) is 1. The molecular formula is C19H15BrN2O3. The third-order valence-corrected chi connectivity index (χ3v) is 5.43. The zero-order chi connectivity index (χ0) is 17.6. The van der Waals surface area contributed by atoms with Crippen molar-refractivity contribution in [2.45, 2.75) is 18.4 Å². The fourth-order valence-electron chi connectivity index (χ4n) is 3.63. The van der Waals surface area contributed by atoms with Crippen LogP contribution < -0.4 is 5.32 Å². The Morgan fingerprint density at radius 2 is 1.76 bits per heavy atom. The molecule has 25 heavy (non-hydrogen) atoms. The van der Waals surface area contributed by atoms with Crippen molar-refractivity contribution in [3.05, 3.63) is 69.7 Å². The van der Waals surface area contributed by atoms with Gasteiger partial charge in [0.1, 0.15) is 5.41 Å². The lowest BCUT2D eigenvalue weighted by molar-refractivity contribution is -0.126. The highest BCUT2D eigenvalue weighted by atomic mass is 79.9. The smallest absolute Gasteiger partial charge is 0.254 e. The minimum absolute atomic E-state index is 0.0492. The van der Waals surface area contributed by atoms with Gasteiger partial charge in [0.15, 0.2) is 0 Å². The van der Waals surface area contributed by atoms with Gasteiger partial charge in [0.05, 0.1) is 0 Å². The van der Waals surface area contributed by atoms with Crippen molar-refractivity contribution in [3.63, 3.8) is 0 Å². The number of carbonyl (C=O) groups is 3. The molecule has 1 atom stereocenters. The molecule has 4 rings (SSSR count). The molecule has 2 aliphatic heterocycles. The van der Waals surface area contributed by atoms with Crippen LogP contribution in [-0.4, -0.2) is 29.2 Å². The van der Waals surface area contributed by atoms with Crippen molar-refractivity contribution in [3.8, 4) is 0 Å². The topological polar surface area (TPSA) is 66.5 Å². The molecule has 1 fully saturated rings. The zero-order valence-corrected chi connectivity index (χ0v) is 14.9. The number of rotatable bonds is 3. The molecule has 0 saturated carbocycles. The van der Waals surface area contributed by atoms with Crippen LogP contribution in [0, 0.1) is 0 Å². The van der Waals surface area contributed by atoms with Gasteiger partial charge in [-0.25, -0.2) is 0 Å². The van der Waals surface area contributed by atoms with Crippen molar-refractivity contribution >= 4 is 33.7 Å². The van der Waals surface area contributed by atoms with Gasteiger partial charge in [-0.1, -0.05) is 46.3 Å². The van der Waals surface area contributed by atoms with Gasteiger partial charge in [-0.15, -0.1) is 0 Å². The standard InChI is InChI=1S/C19H15BrN2O3/c20-14-7-5-13(6-8-14)19(9-16(23)21-18(19)25)11-22-10-12-3-1-2-4-15(12)17(22)24/h1-8H,9-11H2,(H,21,23,25). The second-order valence-electron chi connectivity index (χ2n) is 6.46. The predicted molar refractivity (Wildman–Crippen MR) is 94.8 cm³/mol.